The SMILES string of the molecule is CC1CNCCN1C(CN1CCC(O)CC1)c1ccc(N(C)C)cc1. The van der Waals surface area contributed by atoms with E-state index in [1.807, 2.05) is 0 Å². The number of nitrogens with one attached hydrogen (secondary N) is 1. The molecule has 2 saturated heterocycles. The van der Waals surface area contributed by atoms with Crippen LogP contribution in [0.3, 0.4) is 0 Å². The van der Waals surface area contributed by atoms with Gasteiger partial charge in [0.2, 0.25) is 0 Å². The van der Waals surface area contributed by atoms with Crippen LogP contribution in [0.4, 0.5) is 5.69 Å². The Labute approximate surface area is 152 Å². The second-order valence-electron chi connectivity index (χ2n) is 7.82. The number of benzene rings is 1. The predicted octanol–water partition coefficient (Wildman–Crippen LogP) is 1.54. The minimum atomic E-state index is -0.104. The first kappa shape index (κ1) is 18.6. The standard InChI is InChI=1S/C20H34N4O/c1-16-14-21-10-13-24(16)20(15-23-11-8-19(25)9-12-23)17-4-6-18(7-5-17)22(2)3/h4-7,16,19-21,25H,8-15H2,1-3H3. The molecule has 2 atom stereocenters. The Kier molecular flexibility index (Phi) is 6.34. The fourth-order valence-corrected chi connectivity index (χ4v) is 4.06. The first-order chi connectivity index (χ1) is 12.0. The molecule has 0 radical (unpaired) electrons. The number of likely N-dealkylation sites (tertiary alicyclic amines) is 1. The lowest BCUT2D eigenvalue weighted by atomic mass is 9.99. The zero-order valence-electron chi connectivity index (χ0n) is 16.0. The number of piperazine rings is 1. The summed E-state index contributed by atoms with van der Waals surface area (Å²) in [6.07, 6.45) is 1.71. The van der Waals surface area contributed by atoms with Crippen molar-refractivity contribution in [3.05, 3.63) is 29.8 Å². The fourth-order valence-electron chi connectivity index (χ4n) is 4.06. The number of rotatable bonds is 5. The highest BCUT2D eigenvalue weighted by atomic mass is 16.3. The molecule has 2 N–H and O–H groups in total. The molecule has 0 bridgehead atoms. The van der Waals surface area contributed by atoms with Gasteiger partial charge in [0, 0.05) is 71.1 Å². The summed E-state index contributed by atoms with van der Waals surface area (Å²) in [6.45, 7) is 8.62. The van der Waals surface area contributed by atoms with Crippen LogP contribution in [-0.4, -0.2) is 80.4 Å². The van der Waals surface area contributed by atoms with Crippen molar-refractivity contribution in [2.75, 3.05) is 58.3 Å². The number of aliphatic hydroxyl groups excluding tert-OH is 1. The van der Waals surface area contributed by atoms with Gasteiger partial charge in [-0.05, 0) is 37.5 Å². The quantitative estimate of drug-likeness (QED) is 0.847. The van der Waals surface area contributed by atoms with Gasteiger partial charge in [-0.2, -0.15) is 0 Å². The maximum Gasteiger partial charge on any atom is 0.0564 e. The minimum absolute atomic E-state index is 0.104. The molecule has 2 aliphatic rings. The van der Waals surface area contributed by atoms with Crippen LogP contribution in [0.1, 0.15) is 31.4 Å². The zero-order chi connectivity index (χ0) is 17.8. The Morgan fingerprint density at radius 1 is 1.16 bits per heavy atom. The van der Waals surface area contributed by atoms with Gasteiger partial charge >= 0.3 is 0 Å². The summed E-state index contributed by atoms with van der Waals surface area (Å²) in [7, 11) is 4.17. The molecular formula is C20H34N4O. The third-order valence-corrected chi connectivity index (χ3v) is 5.74. The maximum atomic E-state index is 9.80. The van der Waals surface area contributed by atoms with Crippen LogP contribution < -0.4 is 10.2 Å². The number of anilines is 1. The normalized spacial score (nSPS) is 25.0. The lowest BCUT2D eigenvalue weighted by Crippen LogP contribution is -2.53. The summed E-state index contributed by atoms with van der Waals surface area (Å²) in [5, 5.41) is 13.3. The molecule has 0 spiro atoms. The average molecular weight is 347 g/mol. The van der Waals surface area contributed by atoms with E-state index in [1.165, 1.54) is 11.3 Å². The molecule has 0 saturated carbocycles. The van der Waals surface area contributed by atoms with Crippen LogP contribution >= 0.6 is 0 Å². The lowest BCUT2D eigenvalue weighted by Gasteiger charge is -2.43. The van der Waals surface area contributed by atoms with Crippen LogP contribution in [0.25, 0.3) is 0 Å². The molecule has 2 heterocycles. The van der Waals surface area contributed by atoms with E-state index in [1.54, 1.807) is 0 Å². The van der Waals surface area contributed by atoms with Crippen molar-refractivity contribution in [3.8, 4) is 0 Å². The van der Waals surface area contributed by atoms with Gasteiger partial charge in [0.05, 0.1) is 6.10 Å². The number of piperidine rings is 1. The van der Waals surface area contributed by atoms with Gasteiger partial charge in [-0.15, -0.1) is 0 Å². The minimum Gasteiger partial charge on any atom is -0.393 e. The van der Waals surface area contributed by atoms with Crippen molar-refractivity contribution < 1.29 is 5.11 Å². The molecule has 140 valence electrons. The zero-order valence-corrected chi connectivity index (χ0v) is 16.0. The number of hydrogen-bond donors (Lipinski definition) is 2. The highest BCUT2D eigenvalue weighted by Crippen LogP contribution is 2.28. The molecule has 0 amide bonds. The van der Waals surface area contributed by atoms with Gasteiger partial charge in [0.1, 0.15) is 0 Å². The number of nitrogens with zero attached hydrogens (tertiary/aromatic N) is 3. The third kappa shape index (κ3) is 4.73. The summed E-state index contributed by atoms with van der Waals surface area (Å²) in [6, 6.07) is 10.0. The maximum absolute atomic E-state index is 9.80. The van der Waals surface area contributed by atoms with Gasteiger partial charge in [-0.3, -0.25) is 4.90 Å². The predicted molar refractivity (Wildman–Crippen MR) is 104 cm³/mol. The third-order valence-electron chi connectivity index (χ3n) is 5.74. The smallest absolute Gasteiger partial charge is 0.0564 e. The summed E-state index contributed by atoms with van der Waals surface area (Å²) in [5.41, 5.74) is 2.66. The number of hydrogen-bond acceptors (Lipinski definition) is 5. The van der Waals surface area contributed by atoms with E-state index in [0.717, 1.165) is 52.1 Å². The van der Waals surface area contributed by atoms with E-state index in [2.05, 4.69) is 65.3 Å². The summed E-state index contributed by atoms with van der Waals surface area (Å²) >= 11 is 0. The van der Waals surface area contributed by atoms with Crippen molar-refractivity contribution in [1.29, 1.82) is 0 Å². The Morgan fingerprint density at radius 3 is 2.44 bits per heavy atom. The van der Waals surface area contributed by atoms with Gasteiger partial charge < -0.3 is 20.2 Å². The van der Waals surface area contributed by atoms with Crippen molar-refractivity contribution in [2.45, 2.75) is 38.0 Å². The molecule has 0 aromatic heterocycles. The first-order valence-corrected chi connectivity index (χ1v) is 9.69. The molecule has 2 fully saturated rings. The second kappa shape index (κ2) is 8.49. The van der Waals surface area contributed by atoms with Crippen molar-refractivity contribution in [3.63, 3.8) is 0 Å². The Bertz CT molecular complexity index is 525. The van der Waals surface area contributed by atoms with E-state index in [-0.39, 0.29) is 6.10 Å². The van der Waals surface area contributed by atoms with E-state index in [9.17, 15) is 5.11 Å². The van der Waals surface area contributed by atoms with Crippen molar-refractivity contribution in [2.24, 2.45) is 0 Å². The largest absolute Gasteiger partial charge is 0.393 e. The molecule has 2 aliphatic heterocycles. The topological polar surface area (TPSA) is 42.0 Å². The van der Waals surface area contributed by atoms with Gasteiger partial charge in [-0.1, -0.05) is 12.1 Å². The van der Waals surface area contributed by atoms with Gasteiger partial charge in [0.25, 0.3) is 0 Å². The highest BCUT2D eigenvalue weighted by molar-refractivity contribution is 5.46. The van der Waals surface area contributed by atoms with Crippen molar-refractivity contribution in [1.82, 2.24) is 15.1 Å². The molecule has 3 rings (SSSR count). The monoisotopic (exact) mass is 346 g/mol. The number of aliphatic hydroxyl groups is 1. The highest BCUT2D eigenvalue weighted by Gasteiger charge is 2.30. The summed E-state index contributed by atoms with van der Waals surface area (Å²) in [5.74, 6) is 0. The van der Waals surface area contributed by atoms with Gasteiger partial charge in [0.15, 0.2) is 0 Å². The Hall–Kier alpha value is -1.14. The Balaban J connectivity index is 1.78. The molecule has 2 unspecified atom stereocenters. The fraction of sp³-hybridized carbons (Fsp3) is 0.700. The van der Waals surface area contributed by atoms with Crippen LogP contribution in [0.15, 0.2) is 24.3 Å². The van der Waals surface area contributed by atoms with Crippen LogP contribution in [0, 0.1) is 0 Å². The summed E-state index contributed by atoms with van der Waals surface area (Å²) in [4.78, 5) is 7.34. The molecule has 1 aromatic rings. The molecular weight excluding hydrogens is 312 g/mol. The summed E-state index contributed by atoms with van der Waals surface area (Å²) < 4.78 is 0. The van der Waals surface area contributed by atoms with Crippen LogP contribution in [-0.2, 0) is 0 Å². The molecule has 5 nitrogen and oxygen atoms in total. The van der Waals surface area contributed by atoms with E-state index < -0.39 is 0 Å². The molecule has 25 heavy (non-hydrogen) atoms. The molecule has 5 heteroatoms. The average Bonchev–Trinajstić information content (AvgIpc) is 2.62. The second-order valence-corrected chi connectivity index (χ2v) is 7.82. The Morgan fingerprint density at radius 2 is 1.84 bits per heavy atom. The van der Waals surface area contributed by atoms with E-state index >= 15 is 0 Å². The molecule has 1 aromatic carbocycles. The lowest BCUT2D eigenvalue weighted by molar-refractivity contribution is 0.0460. The molecule has 0 aliphatic carbocycles. The van der Waals surface area contributed by atoms with Crippen LogP contribution in [0.5, 0.6) is 0 Å². The van der Waals surface area contributed by atoms with Gasteiger partial charge in [-0.25, -0.2) is 0 Å². The van der Waals surface area contributed by atoms with Crippen LogP contribution in [0.2, 0.25) is 0 Å². The van der Waals surface area contributed by atoms with E-state index in [0.29, 0.717) is 12.1 Å². The first-order valence-electron chi connectivity index (χ1n) is 9.69. The van der Waals surface area contributed by atoms with Crippen molar-refractivity contribution >= 4 is 5.69 Å². The van der Waals surface area contributed by atoms with E-state index in [4.69, 9.17) is 0 Å².